The Kier molecular flexibility index (Phi) is 7.36. The van der Waals surface area contributed by atoms with Crippen molar-refractivity contribution >= 4 is 40.5 Å². The molecule has 3 aliphatic carbocycles. The van der Waals surface area contributed by atoms with Gasteiger partial charge in [0.15, 0.2) is 17.3 Å². The van der Waals surface area contributed by atoms with Gasteiger partial charge in [0, 0.05) is 35.2 Å². The van der Waals surface area contributed by atoms with Crippen LogP contribution in [0, 0.1) is 18.8 Å². The molecule has 5 aliphatic rings. The molecule has 1 saturated heterocycles. The van der Waals surface area contributed by atoms with E-state index in [0.717, 1.165) is 43.0 Å². The summed E-state index contributed by atoms with van der Waals surface area (Å²) in [4.78, 5) is 56.8. The van der Waals surface area contributed by atoms with Crippen LogP contribution in [-0.4, -0.2) is 76.8 Å². The molecule has 2 aliphatic heterocycles. The van der Waals surface area contributed by atoms with Crippen LogP contribution in [0.15, 0.2) is 35.4 Å². The first kappa shape index (κ1) is 33.0. The van der Waals surface area contributed by atoms with Gasteiger partial charge in [-0.15, -0.1) is 5.10 Å². The molecular formula is C35H32ClF3N8O5. The van der Waals surface area contributed by atoms with Crippen LogP contribution in [0.2, 0.25) is 5.02 Å². The van der Waals surface area contributed by atoms with E-state index in [1.54, 1.807) is 16.4 Å². The highest BCUT2D eigenvalue weighted by atomic mass is 35.5. The summed E-state index contributed by atoms with van der Waals surface area (Å²) in [6.45, 7) is 2.49. The maximum Gasteiger partial charge on any atom is 0.416 e. The van der Waals surface area contributed by atoms with Crippen LogP contribution in [0.1, 0.15) is 76.8 Å². The number of amides is 2. The average Bonchev–Trinajstić information content (AvgIpc) is 3.68. The molecule has 52 heavy (non-hydrogen) atoms. The predicted octanol–water partition coefficient (Wildman–Crippen LogP) is 4.49. The topological polar surface area (TPSA) is 157 Å². The number of aromatic hydroxyl groups is 1. The number of benzene rings is 1. The first-order valence-corrected chi connectivity index (χ1v) is 17.6. The highest BCUT2D eigenvalue weighted by Gasteiger charge is 2.70. The lowest BCUT2D eigenvalue weighted by atomic mass is 9.54. The van der Waals surface area contributed by atoms with Crippen LogP contribution in [0.4, 0.5) is 18.9 Å². The molecular weight excluding hydrogens is 705 g/mol. The summed E-state index contributed by atoms with van der Waals surface area (Å²) in [7, 11) is 0. The van der Waals surface area contributed by atoms with E-state index in [-0.39, 0.29) is 69.7 Å². The van der Waals surface area contributed by atoms with Crippen molar-refractivity contribution in [2.24, 2.45) is 11.8 Å². The zero-order chi connectivity index (χ0) is 36.3. The Morgan fingerprint density at radius 2 is 2.02 bits per heavy atom. The van der Waals surface area contributed by atoms with Crippen LogP contribution >= 0.6 is 11.6 Å². The lowest BCUT2D eigenvalue weighted by molar-refractivity contribution is -0.137. The van der Waals surface area contributed by atoms with E-state index in [0.29, 0.717) is 55.4 Å². The summed E-state index contributed by atoms with van der Waals surface area (Å²) in [5, 5.41) is 17.7. The molecule has 0 bridgehead atoms. The molecule has 3 fully saturated rings. The first-order valence-electron chi connectivity index (χ1n) is 17.2. The Bertz CT molecular complexity index is 2310. The molecule has 13 nitrogen and oxygen atoms in total. The van der Waals surface area contributed by atoms with Gasteiger partial charge in [0.25, 0.3) is 11.5 Å². The number of ether oxygens (including phenoxy) is 1. The number of piperidine rings is 1. The smallest absolute Gasteiger partial charge is 0.416 e. The number of anilines is 1. The number of fused-ring (bicyclic) bond motifs is 8. The first-order chi connectivity index (χ1) is 24.9. The number of carbonyl (C=O) groups excluding carboxylic acids is 2. The summed E-state index contributed by atoms with van der Waals surface area (Å²) in [6, 6.07) is 2.54. The third kappa shape index (κ3) is 4.82. The Balaban J connectivity index is 1.12. The maximum absolute atomic E-state index is 14.7. The molecule has 5 atom stereocenters. The molecule has 1 unspecified atom stereocenters. The molecule has 0 radical (unpaired) electrons. The van der Waals surface area contributed by atoms with Gasteiger partial charge < -0.3 is 24.6 Å². The van der Waals surface area contributed by atoms with Crippen molar-refractivity contribution in [2.75, 3.05) is 25.1 Å². The molecule has 2 N–H and O–H groups in total. The maximum atomic E-state index is 14.7. The van der Waals surface area contributed by atoms with Gasteiger partial charge in [0.1, 0.15) is 12.9 Å². The van der Waals surface area contributed by atoms with E-state index in [2.05, 4.69) is 20.4 Å². The standard InChI is InChI=1S/C35H32ClF3N8O5/c1-16-29(49)27(41-15-40-16)32(51)45-9-8-34(20-3-5-24(20)45)21-13-19(21)28-26(34)31(50)47-33(43-30(44-47)17-6-10-52-11-7-17)46(28)14-25(48)42-23-4-2-18(12-22(23)36)35(37,38)39/h2,4,6,12,15,19-21,24,49H,3,5,7-11,13-14H2,1H3,(H,42,48)/t19?,20-,21+,24+,34+/m0/s1. The van der Waals surface area contributed by atoms with E-state index in [1.807, 2.05) is 6.08 Å². The van der Waals surface area contributed by atoms with Crippen LogP contribution in [-0.2, 0) is 27.7 Å². The van der Waals surface area contributed by atoms with Crippen molar-refractivity contribution in [3.63, 3.8) is 0 Å². The Labute approximate surface area is 298 Å². The number of nitrogens with one attached hydrogen (secondary N) is 1. The highest BCUT2D eigenvalue weighted by Crippen LogP contribution is 2.72. The molecule has 5 heterocycles. The normalized spacial score (nSPS) is 26.0. The van der Waals surface area contributed by atoms with Gasteiger partial charge in [-0.25, -0.2) is 9.97 Å². The van der Waals surface area contributed by atoms with Crippen LogP contribution in [0.3, 0.4) is 0 Å². The van der Waals surface area contributed by atoms with Crippen molar-refractivity contribution < 1.29 is 32.6 Å². The molecule has 2 amide bonds. The van der Waals surface area contributed by atoms with E-state index in [1.165, 1.54) is 10.8 Å². The minimum Gasteiger partial charge on any atom is -0.504 e. The van der Waals surface area contributed by atoms with Gasteiger partial charge in [0.05, 0.1) is 35.2 Å². The Hall–Kier alpha value is -4.83. The lowest BCUT2D eigenvalue weighted by Gasteiger charge is -2.58. The SMILES string of the molecule is Cc1ncnc(C(=O)N2CC[C@@]3(c4c(n(CC(=O)Nc5ccc(C(F)(F)F)cc5Cl)c5nc(C6=CCOCC6)nn5c4=O)C4C[C@H]43)[C@H]3CC[C@H]32)c1O. The third-order valence-electron chi connectivity index (χ3n) is 11.7. The number of nitrogens with zero attached hydrogens (tertiary/aromatic N) is 7. The fourth-order valence-corrected chi connectivity index (χ4v) is 9.42. The van der Waals surface area contributed by atoms with Crippen LogP contribution < -0.4 is 10.9 Å². The molecule has 4 aromatic rings. The zero-order valence-corrected chi connectivity index (χ0v) is 28.5. The summed E-state index contributed by atoms with van der Waals surface area (Å²) >= 11 is 6.18. The second-order valence-electron chi connectivity index (χ2n) is 14.2. The molecule has 3 aromatic heterocycles. The molecule has 1 spiro atoms. The number of hydrogen-bond acceptors (Lipinski definition) is 9. The number of aromatic nitrogens is 6. The Morgan fingerprint density at radius 3 is 2.73 bits per heavy atom. The number of halogens is 4. The van der Waals surface area contributed by atoms with Crippen molar-refractivity contribution in [3.8, 4) is 5.75 Å². The van der Waals surface area contributed by atoms with Gasteiger partial charge in [0.2, 0.25) is 11.7 Å². The van der Waals surface area contributed by atoms with Crippen molar-refractivity contribution in [1.82, 2.24) is 34.0 Å². The van der Waals surface area contributed by atoms with Crippen molar-refractivity contribution in [2.45, 2.75) is 69.1 Å². The Morgan fingerprint density at radius 1 is 1.19 bits per heavy atom. The van der Waals surface area contributed by atoms with E-state index < -0.39 is 23.1 Å². The summed E-state index contributed by atoms with van der Waals surface area (Å²) < 4.78 is 48.3. The second-order valence-corrected chi connectivity index (χ2v) is 14.6. The molecule has 17 heteroatoms. The van der Waals surface area contributed by atoms with Gasteiger partial charge in [-0.2, -0.15) is 22.7 Å². The fraction of sp³-hybridized carbons (Fsp3) is 0.457. The van der Waals surface area contributed by atoms with E-state index in [4.69, 9.17) is 21.3 Å². The minimum absolute atomic E-state index is 0.0166. The van der Waals surface area contributed by atoms with Crippen LogP contribution in [0.25, 0.3) is 11.4 Å². The van der Waals surface area contributed by atoms with E-state index in [9.17, 15) is 32.7 Å². The monoisotopic (exact) mass is 736 g/mol. The van der Waals surface area contributed by atoms with Gasteiger partial charge in [-0.3, -0.25) is 14.4 Å². The molecule has 270 valence electrons. The zero-order valence-electron chi connectivity index (χ0n) is 27.8. The predicted molar refractivity (Wildman–Crippen MR) is 179 cm³/mol. The molecule has 9 rings (SSSR count). The summed E-state index contributed by atoms with van der Waals surface area (Å²) in [5.74, 6) is -0.624. The highest BCUT2D eigenvalue weighted by molar-refractivity contribution is 6.33. The molecule has 1 aromatic carbocycles. The number of hydrogen-bond donors (Lipinski definition) is 2. The van der Waals surface area contributed by atoms with Crippen LogP contribution in [0.5, 0.6) is 5.75 Å². The lowest BCUT2D eigenvalue weighted by Crippen LogP contribution is -2.64. The van der Waals surface area contributed by atoms with Crippen molar-refractivity contribution in [3.05, 3.63) is 80.0 Å². The number of rotatable bonds is 5. The quantitative estimate of drug-likeness (QED) is 0.302. The third-order valence-corrected chi connectivity index (χ3v) is 12.0. The molecule has 2 saturated carbocycles. The fourth-order valence-electron chi connectivity index (χ4n) is 9.19. The number of aryl methyl sites for hydroxylation is 1. The van der Waals surface area contributed by atoms with Gasteiger partial charge in [-0.05, 0) is 74.6 Å². The summed E-state index contributed by atoms with van der Waals surface area (Å²) in [5.41, 5.74) is 0.565. The second kappa shape index (κ2) is 11.6. The van der Waals surface area contributed by atoms with Crippen molar-refractivity contribution in [1.29, 1.82) is 0 Å². The minimum atomic E-state index is -4.60. The average molecular weight is 737 g/mol. The summed E-state index contributed by atoms with van der Waals surface area (Å²) in [6.07, 6.45) is 1.86. The van der Waals surface area contributed by atoms with Gasteiger partial charge in [-0.1, -0.05) is 17.7 Å². The number of likely N-dealkylation sites (tertiary alicyclic amines) is 1. The van der Waals surface area contributed by atoms with E-state index >= 15 is 0 Å². The number of alkyl halides is 3. The largest absolute Gasteiger partial charge is 0.504 e. The number of carbonyl (C=O) groups is 2. The van der Waals surface area contributed by atoms with Gasteiger partial charge >= 0.3 is 6.18 Å².